The third-order valence-corrected chi connectivity index (χ3v) is 7.63. The number of hydrogen-bond acceptors (Lipinski definition) is 6. The van der Waals surface area contributed by atoms with Gasteiger partial charge in [0.2, 0.25) is 0 Å². The average Bonchev–Trinajstić information content (AvgIpc) is 3.05. The van der Waals surface area contributed by atoms with Gasteiger partial charge >= 0.3 is 0 Å². The van der Waals surface area contributed by atoms with Crippen LogP contribution in [0.3, 0.4) is 0 Å². The summed E-state index contributed by atoms with van der Waals surface area (Å²) in [4.78, 5) is 15.8. The van der Waals surface area contributed by atoms with E-state index in [-0.39, 0.29) is 22.6 Å². The Morgan fingerprint density at radius 3 is 2.55 bits per heavy atom. The molecule has 2 fully saturated rings. The quantitative estimate of drug-likeness (QED) is 0.682. The van der Waals surface area contributed by atoms with Gasteiger partial charge < -0.3 is 15.7 Å². The zero-order chi connectivity index (χ0) is 20.8. The maximum atomic E-state index is 10.0. The summed E-state index contributed by atoms with van der Waals surface area (Å²) in [5, 5.41) is 10.4. The first-order valence-corrected chi connectivity index (χ1v) is 11.0. The van der Waals surface area contributed by atoms with E-state index < -0.39 is 0 Å². The van der Waals surface area contributed by atoms with Crippen LogP contribution < -0.4 is 10.6 Å². The molecule has 3 heterocycles. The molecule has 29 heavy (non-hydrogen) atoms. The molecule has 1 spiro atoms. The number of halogens is 2. The first kappa shape index (κ1) is 20.6. The van der Waals surface area contributed by atoms with Crippen molar-refractivity contribution in [3.05, 3.63) is 27.6 Å². The van der Waals surface area contributed by atoms with E-state index in [4.69, 9.17) is 38.9 Å². The lowest BCUT2D eigenvalue weighted by Gasteiger charge is -2.43. The first-order valence-electron chi connectivity index (χ1n) is 10.2. The molecular formula is C21H27Cl2N5O. The molecule has 4 rings (SSSR count). The van der Waals surface area contributed by atoms with Crippen molar-refractivity contribution in [2.24, 2.45) is 11.3 Å². The van der Waals surface area contributed by atoms with Crippen LogP contribution in [0.15, 0.2) is 6.07 Å². The average molecular weight is 436 g/mol. The maximum Gasteiger partial charge on any atom is 0.153 e. The van der Waals surface area contributed by atoms with E-state index in [1.165, 1.54) is 32.1 Å². The minimum absolute atomic E-state index is 0.129. The Balaban J connectivity index is 1.66. The van der Waals surface area contributed by atoms with Crippen LogP contribution in [0, 0.1) is 18.3 Å². The highest BCUT2D eigenvalue weighted by Crippen LogP contribution is 2.50. The summed E-state index contributed by atoms with van der Waals surface area (Å²) in [5.41, 5.74) is 8.73. The Labute approximate surface area is 181 Å². The number of nitrogens with two attached hydrogens (primary N) is 1. The molecule has 0 aromatic carbocycles. The van der Waals surface area contributed by atoms with Crippen molar-refractivity contribution in [1.29, 1.82) is 0 Å². The second-order valence-corrected chi connectivity index (χ2v) is 9.16. The van der Waals surface area contributed by atoms with E-state index >= 15 is 0 Å². The zero-order valence-corrected chi connectivity index (χ0v) is 18.4. The van der Waals surface area contributed by atoms with E-state index in [0.29, 0.717) is 22.4 Å². The van der Waals surface area contributed by atoms with Crippen LogP contribution in [0.2, 0.25) is 10.2 Å². The molecule has 2 aromatic rings. The Hall–Kier alpha value is -1.63. The van der Waals surface area contributed by atoms with Crippen LogP contribution in [-0.2, 0) is 6.61 Å². The number of piperidine rings is 1. The molecule has 1 atom stereocenters. The number of aromatic nitrogens is 3. The molecular weight excluding hydrogens is 409 g/mol. The standard InChI is InChI=1S/C21H27Cl2N5O/c1-12-4-3-5-21(12)6-8-28(9-7-21)20-15(11-29)26-18(13(2)25-20)14-10-16(24)27-19(23)17(14)22/h10,12,29H,3-9,11H2,1-2H3,(H2,24,27)/t12-/m1/s1. The van der Waals surface area contributed by atoms with E-state index in [1.807, 2.05) is 6.92 Å². The van der Waals surface area contributed by atoms with Gasteiger partial charge in [-0.2, -0.15) is 0 Å². The Kier molecular flexibility index (Phi) is 5.62. The third kappa shape index (κ3) is 3.66. The van der Waals surface area contributed by atoms with Gasteiger partial charge in [0.05, 0.1) is 23.0 Å². The fourth-order valence-corrected chi connectivity index (χ4v) is 5.45. The molecule has 1 aliphatic heterocycles. The van der Waals surface area contributed by atoms with Gasteiger partial charge in [-0.1, -0.05) is 43.0 Å². The minimum atomic E-state index is -0.195. The van der Waals surface area contributed by atoms with Crippen molar-refractivity contribution in [3.8, 4) is 11.3 Å². The van der Waals surface area contributed by atoms with E-state index in [9.17, 15) is 5.11 Å². The largest absolute Gasteiger partial charge is 0.390 e. The summed E-state index contributed by atoms with van der Waals surface area (Å²) in [6.07, 6.45) is 6.36. The summed E-state index contributed by atoms with van der Waals surface area (Å²) in [6.45, 7) is 5.98. The van der Waals surface area contributed by atoms with Crippen molar-refractivity contribution >= 4 is 34.8 Å². The summed E-state index contributed by atoms with van der Waals surface area (Å²) >= 11 is 12.4. The number of anilines is 2. The Bertz CT molecular complexity index is 928. The second-order valence-electron chi connectivity index (χ2n) is 8.43. The molecule has 0 bridgehead atoms. The molecule has 156 valence electrons. The monoisotopic (exact) mass is 435 g/mol. The van der Waals surface area contributed by atoms with Crippen molar-refractivity contribution < 1.29 is 5.11 Å². The normalized spacial score (nSPS) is 21.1. The Morgan fingerprint density at radius 2 is 1.93 bits per heavy atom. The van der Waals surface area contributed by atoms with E-state index in [1.54, 1.807) is 6.07 Å². The van der Waals surface area contributed by atoms with Gasteiger partial charge in [0.25, 0.3) is 0 Å². The molecule has 1 saturated carbocycles. The number of aliphatic hydroxyl groups excluding tert-OH is 1. The molecule has 1 saturated heterocycles. The molecule has 8 heteroatoms. The maximum absolute atomic E-state index is 10.0. The van der Waals surface area contributed by atoms with Crippen LogP contribution in [0.25, 0.3) is 11.3 Å². The lowest BCUT2D eigenvalue weighted by atomic mass is 9.71. The second kappa shape index (κ2) is 7.89. The number of pyridine rings is 1. The molecule has 0 amide bonds. The number of aryl methyl sites for hydroxylation is 1. The highest BCUT2D eigenvalue weighted by molar-refractivity contribution is 6.43. The summed E-state index contributed by atoms with van der Waals surface area (Å²) in [6, 6.07) is 1.64. The molecule has 3 N–H and O–H groups in total. The fourth-order valence-electron chi connectivity index (χ4n) is 5.07. The topological polar surface area (TPSA) is 88.2 Å². The van der Waals surface area contributed by atoms with Gasteiger partial charge in [-0.05, 0) is 43.6 Å². The van der Waals surface area contributed by atoms with Gasteiger partial charge in [0.15, 0.2) is 11.0 Å². The van der Waals surface area contributed by atoms with Gasteiger partial charge in [-0.25, -0.2) is 15.0 Å². The van der Waals surface area contributed by atoms with Crippen molar-refractivity contribution in [2.45, 2.75) is 52.6 Å². The SMILES string of the molecule is Cc1nc(N2CCC3(CCC[C@H]3C)CC2)c(CO)nc1-c1cc(N)nc(Cl)c1Cl. The predicted molar refractivity (Wildman–Crippen MR) is 117 cm³/mol. The van der Waals surface area contributed by atoms with Gasteiger partial charge in [0, 0.05) is 18.7 Å². The van der Waals surface area contributed by atoms with E-state index in [0.717, 1.165) is 30.5 Å². The number of rotatable bonds is 3. The highest BCUT2D eigenvalue weighted by Gasteiger charge is 2.42. The molecule has 1 aliphatic carbocycles. The van der Waals surface area contributed by atoms with Crippen LogP contribution in [-0.4, -0.2) is 33.1 Å². The molecule has 0 radical (unpaired) electrons. The smallest absolute Gasteiger partial charge is 0.153 e. The van der Waals surface area contributed by atoms with E-state index in [2.05, 4.69) is 16.8 Å². The number of aliphatic hydroxyl groups is 1. The minimum Gasteiger partial charge on any atom is -0.390 e. The van der Waals surface area contributed by atoms with Crippen LogP contribution in [0.5, 0.6) is 0 Å². The van der Waals surface area contributed by atoms with Crippen LogP contribution in [0.1, 0.15) is 50.4 Å². The predicted octanol–water partition coefficient (Wildman–Crippen LogP) is 4.63. The van der Waals surface area contributed by atoms with Crippen LogP contribution >= 0.6 is 23.2 Å². The zero-order valence-electron chi connectivity index (χ0n) is 16.9. The Morgan fingerprint density at radius 1 is 1.21 bits per heavy atom. The van der Waals surface area contributed by atoms with Crippen molar-refractivity contribution in [3.63, 3.8) is 0 Å². The van der Waals surface area contributed by atoms with Crippen LogP contribution in [0.4, 0.5) is 11.6 Å². The summed E-state index contributed by atoms with van der Waals surface area (Å²) < 4.78 is 0. The highest BCUT2D eigenvalue weighted by atomic mass is 35.5. The number of nitrogen functional groups attached to an aromatic ring is 1. The fraction of sp³-hybridized carbons (Fsp3) is 0.571. The van der Waals surface area contributed by atoms with Gasteiger partial charge in [0.1, 0.15) is 11.5 Å². The molecule has 2 aromatic heterocycles. The lowest BCUT2D eigenvalue weighted by molar-refractivity contribution is 0.161. The molecule has 2 aliphatic rings. The van der Waals surface area contributed by atoms with Gasteiger partial charge in [-0.15, -0.1) is 0 Å². The number of hydrogen-bond donors (Lipinski definition) is 2. The lowest BCUT2D eigenvalue weighted by Crippen LogP contribution is -2.42. The van der Waals surface area contributed by atoms with Crippen molar-refractivity contribution in [2.75, 3.05) is 23.7 Å². The first-order chi connectivity index (χ1) is 13.8. The summed E-state index contributed by atoms with van der Waals surface area (Å²) in [5.74, 6) is 1.82. The van der Waals surface area contributed by atoms with Gasteiger partial charge in [-0.3, -0.25) is 0 Å². The molecule has 6 nitrogen and oxygen atoms in total. The number of nitrogens with zero attached hydrogens (tertiary/aromatic N) is 4. The molecule has 0 unspecified atom stereocenters. The van der Waals surface area contributed by atoms with Crippen molar-refractivity contribution in [1.82, 2.24) is 15.0 Å². The third-order valence-electron chi connectivity index (χ3n) is 6.88. The summed E-state index contributed by atoms with van der Waals surface area (Å²) in [7, 11) is 0.